The van der Waals surface area contributed by atoms with Crippen LogP contribution in [0.2, 0.25) is 5.15 Å². The zero-order valence-electron chi connectivity index (χ0n) is 12.2. The summed E-state index contributed by atoms with van der Waals surface area (Å²) in [5.74, 6) is 1.57. The molecule has 2 aromatic rings. The van der Waals surface area contributed by atoms with E-state index in [2.05, 4.69) is 15.3 Å². The quantitative estimate of drug-likeness (QED) is 0.508. The van der Waals surface area contributed by atoms with Crippen LogP contribution in [0.15, 0.2) is 23.4 Å². The highest BCUT2D eigenvalue weighted by atomic mass is 35.5. The minimum absolute atomic E-state index is 0.110. The van der Waals surface area contributed by atoms with Gasteiger partial charge < -0.3 is 14.8 Å². The Hall–Kier alpha value is -2.17. The normalized spacial score (nSPS) is 9.95. The zero-order valence-corrected chi connectivity index (χ0v) is 13.7. The van der Waals surface area contributed by atoms with Gasteiger partial charge in [0.1, 0.15) is 23.1 Å². The van der Waals surface area contributed by atoms with Crippen molar-refractivity contribution in [3.05, 3.63) is 28.9 Å². The monoisotopic (exact) mass is 336 g/mol. The van der Waals surface area contributed by atoms with Crippen molar-refractivity contribution in [3.8, 4) is 17.6 Å². The van der Waals surface area contributed by atoms with Gasteiger partial charge in [0.25, 0.3) is 0 Å². The Morgan fingerprint density at radius 1 is 1.18 bits per heavy atom. The largest absolute Gasteiger partial charge is 0.497 e. The zero-order chi connectivity index (χ0) is 16.1. The Bertz CT molecular complexity index is 711. The van der Waals surface area contributed by atoms with Gasteiger partial charge >= 0.3 is 0 Å². The third kappa shape index (κ3) is 3.53. The first-order valence-corrected chi connectivity index (χ1v) is 7.73. The Labute approximate surface area is 137 Å². The molecule has 1 aromatic heterocycles. The summed E-state index contributed by atoms with van der Waals surface area (Å²) in [4.78, 5) is 8.32. The number of hydrogen-bond donors (Lipinski definition) is 1. The number of methoxy groups -OCH3 is 2. The van der Waals surface area contributed by atoms with Crippen molar-refractivity contribution in [2.75, 3.05) is 25.8 Å². The maximum Gasteiger partial charge on any atom is 0.190 e. The highest BCUT2D eigenvalue weighted by Gasteiger charge is 2.13. The van der Waals surface area contributed by atoms with Crippen LogP contribution in [0.25, 0.3) is 0 Å². The molecule has 8 heteroatoms. The number of ether oxygens (including phenoxy) is 2. The molecule has 0 saturated carbocycles. The number of nitriles is 1. The Balaban J connectivity index is 2.46. The van der Waals surface area contributed by atoms with E-state index in [0.717, 1.165) is 0 Å². The lowest BCUT2D eigenvalue weighted by Crippen LogP contribution is -2.02. The van der Waals surface area contributed by atoms with Gasteiger partial charge in [0.15, 0.2) is 16.1 Å². The third-order valence-electron chi connectivity index (χ3n) is 2.75. The van der Waals surface area contributed by atoms with E-state index in [1.54, 1.807) is 32.4 Å². The molecule has 2 rings (SSSR count). The number of rotatable bonds is 5. The Morgan fingerprint density at radius 3 is 2.32 bits per heavy atom. The fourth-order valence-corrected chi connectivity index (χ4v) is 2.34. The van der Waals surface area contributed by atoms with Crippen molar-refractivity contribution < 1.29 is 9.47 Å². The van der Waals surface area contributed by atoms with Crippen LogP contribution in [0, 0.1) is 11.3 Å². The first-order chi connectivity index (χ1) is 10.6. The highest BCUT2D eigenvalue weighted by Crippen LogP contribution is 2.30. The van der Waals surface area contributed by atoms with Crippen LogP contribution < -0.4 is 14.8 Å². The number of benzene rings is 1. The van der Waals surface area contributed by atoms with E-state index in [-0.39, 0.29) is 10.7 Å². The van der Waals surface area contributed by atoms with Gasteiger partial charge in [-0.25, -0.2) is 9.97 Å². The SMILES string of the molecule is COc1cc(Nc2nc(SC)nc(Cl)c2C#N)cc(OC)c1. The first kappa shape index (κ1) is 16.2. The fourth-order valence-electron chi connectivity index (χ4n) is 1.71. The molecule has 0 bridgehead atoms. The summed E-state index contributed by atoms with van der Waals surface area (Å²) >= 11 is 7.36. The minimum Gasteiger partial charge on any atom is -0.497 e. The molecule has 1 aromatic carbocycles. The van der Waals surface area contributed by atoms with Crippen LogP contribution in [0.1, 0.15) is 5.56 Å². The van der Waals surface area contributed by atoms with Gasteiger partial charge in [-0.05, 0) is 6.26 Å². The standard InChI is InChI=1S/C14H13ClN4O2S/c1-20-9-4-8(5-10(6-9)21-2)17-13-11(7-16)12(15)18-14(19-13)22-3/h4-6H,1-3H3,(H,17,18,19). The summed E-state index contributed by atoms with van der Waals surface area (Å²) < 4.78 is 10.4. The number of anilines is 2. The maximum atomic E-state index is 9.23. The van der Waals surface area contributed by atoms with Gasteiger partial charge in [-0.3, -0.25) is 0 Å². The van der Waals surface area contributed by atoms with E-state index in [1.807, 2.05) is 12.3 Å². The molecule has 0 aliphatic heterocycles. The number of aromatic nitrogens is 2. The third-order valence-corrected chi connectivity index (χ3v) is 3.57. The molecule has 1 N–H and O–H groups in total. The molecule has 0 radical (unpaired) electrons. The topological polar surface area (TPSA) is 80.1 Å². The number of hydrogen-bond acceptors (Lipinski definition) is 7. The second kappa shape index (κ2) is 7.20. The molecular formula is C14H13ClN4O2S. The molecule has 0 unspecified atom stereocenters. The van der Waals surface area contributed by atoms with Gasteiger partial charge in [-0.15, -0.1) is 0 Å². The molecule has 0 fully saturated rings. The van der Waals surface area contributed by atoms with E-state index in [4.69, 9.17) is 21.1 Å². The molecule has 0 atom stereocenters. The van der Waals surface area contributed by atoms with Gasteiger partial charge in [-0.2, -0.15) is 5.26 Å². The van der Waals surface area contributed by atoms with Gasteiger partial charge in [0.05, 0.1) is 14.2 Å². The number of halogens is 1. The summed E-state index contributed by atoms with van der Waals surface area (Å²) in [6, 6.07) is 7.27. The summed E-state index contributed by atoms with van der Waals surface area (Å²) in [6.45, 7) is 0. The van der Waals surface area contributed by atoms with Crippen LogP contribution in [-0.2, 0) is 0 Å². The van der Waals surface area contributed by atoms with E-state index in [9.17, 15) is 5.26 Å². The number of nitrogens with one attached hydrogen (secondary N) is 1. The molecule has 0 amide bonds. The summed E-state index contributed by atoms with van der Waals surface area (Å²) in [6.07, 6.45) is 1.83. The molecule has 6 nitrogen and oxygen atoms in total. The van der Waals surface area contributed by atoms with Crippen molar-refractivity contribution in [1.29, 1.82) is 5.26 Å². The van der Waals surface area contributed by atoms with Gasteiger partial charge in [0, 0.05) is 23.9 Å². The van der Waals surface area contributed by atoms with Gasteiger partial charge in [-0.1, -0.05) is 23.4 Å². The van der Waals surface area contributed by atoms with Crippen molar-refractivity contribution in [1.82, 2.24) is 9.97 Å². The van der Waals surface area contributed by atoms with E-state index in [0.29, 0.717) is 28.2 Å². The Kier molecular flexibility index (Phi) is 5.31. The predicted molar refractivity (Wildman–Crippen MR) is 86.4 cm³/mol. The Morgan fingerprint density at radius 2 is 1.82 bits per heavy atom. The molecule has 0 spiro atoms. The van der Waals surface area contributed by atoms with Crippen molar-refractivity contribution in [3.63, 3.8) is 0 Å². The molecular weight excluding hydrogens is 324 g/mol. The highest BCUT2D eigenvalue weighted by molar-refractivity contribution is 7.98. The second-order valence-corrected chi connectivity index (χ2v) is 5.19. The van der Waals surface area contributed by atoms with E-state index in [1.165, 1.54) is 11.8 Å². The number of thioether (sulfide) groups is 1. The molecule has 0 aliphatic carbocycles. The smallest absolute Gasteiger partial charge is 0.190 e. The van der Waals surface area contributed by atoms with Crippen LogP contribution >= 0.6 is 23.4 Å². The predicted octanol–water partition coefficient (Wildman–Crippen LogP) is 3.48. The number of nitrogens with zero attached hydrogens (tertiary/aromatic N) is 3. The molecule has 0 saturated heterocycles. The van der Waals surface area contributed by atoms with Gasteiger partial charge in [0.2, 0.25) is 0 Å². The van der Waals surface area contributed by atoms with Crippen molar-refractivity contribution in [2.45, 2.75) is 5.16 Å². The minimum atomic E-state index is 0.110. The molecule has 22 heavy (non-hydrogen) atoms. The maximum absolute atomic E-state index is 9.23. The van der Waals surface area contributed by atoms with Crippen LogP contribution in [0.5, 0.6) is 11.5 Å². The second-order valence-electron chi connectivity index (χ2n) is 4.06. The summed E-state index contributed by atoms with van der Waals surface area (Å²) in [5, 5.41) is 12.9. The summed E-state index contributed by atoms with van der Waals surface area (Å²) in [5.41, 5.74) is 0.843. The van der Waals surface area contributed by atoms with Crippen LogP contribution in [-0.4, -0.2) is 30.4 Å². The average molecular weight is 337 g/mol. The van der Waals surface area contributed by atoms with E-state index >= 15 is 0 Å². The first-order valence-electron chi connectivity index (χ1n) is 6.13. The lowest BCUT2D eigenvalue weighted by atomic mass is 10.2. The molecule has 114 valence electrons. The lowest BCUT2D eigenvalue weighted by molar-refractivity contribution is 0.395. The summed E-state index contributed by atoms with van der Waals surface area (Å²) in [7, 11) is 3.12. The van der Waals surface area contributed by atoms with Crippen molar-refractivity contribution in [2.24, 2.45) is 0 Å². The average Bonchev–Trinajstić information content (AvgIpc) is 2.54. The lowest BCUT2D eigenvalue weighted by Gasteiger charge is -2.12. The van der Waals surface area contributed by atoms with Crippen LogP contribution in [0.3, 0.4) is 0 Å². The fraction of sp³-hybridized carbons (Fsp3) is 0.214. The van der Waals surface area contributed by atoms with Crippen LogP contribution in [0.4, 0.5) is 11.5 Å². The van der Waals surface area contributed by atoms with Crippen molar-refractivity contribution >= 4 is 34.9 Å². The van der Waals surface area contributed by atoms with E-state index < -0.39 is 0 Å². The molecule has 0 aliphatic rings. The molecule has 1 heterocycles.